The van der Waals surface area contributed by atoms with Gasteiger partial charge in [-0.1, -0.05) is 6.07 Å². The van der Waals surface area contributed by atoms with Crippen LogP contribution in [0.3, 0.4) is 0 Å². The third kappa shape index (κ3) is 2.39. The van der Waals surface area contributed by atoms with E-state index in [1.807, 2.05) is 0 Å². The van der Waals surface area contributed by atoms with Gasteiger partial charge in [0.1, 0.15) is 5.82 Å². The van der Waals surface area contributed by atoms with E-state index in [-0.39, 0.29) is 12.5 Å². The molecule has 1 saturated heterocycles. The molecule has 1 N–H and O–H groups in total. The molecule has 1 heterocycles. The molecule has 86 valence electrons. The summed E-state index contributed by atoms with van der Waals surface area (Å²) in [4.78, 5) is 10.7. The molecule has 4 heteroatoms. The molecule has 0 spiro atoms. The van der Waals surface area contributed by atoms with Crippen LogP contribution in [0.5, 0.6) is 0 Å². The Balaban J connectivity index is 2.30. The first kappa shape index (κ1) is 11.1. The Morgan fingerprint density at radius 3 is 3.00 bits per heavy atom. The second-order valence-corrected chi connectivity index (χ2v) is 3.92. The summed E-state index contributed by atoms with van der Waals surface area (Å²) in [6, 6.07) is 4.26. The van der Waals surface area contributed by atoms with Gasteiger partial charge in [0.2, 0.25) is 0 Å². The van der Waals surface area contributed by atoms with Crippen molar-refractivity contribution in [3.8, 4) is 0 Å². The normalized spacial score (nSPS) is 19.9. The lowest BCUT2D eigenvalue weighted by Gasteiger charge is -2.14. The zero-order valence-electron chi connectivity index (χ0n) is 8.78. The van der Waals surface area contributed by atoms with E-state index in [4.69, 9.17) is 9.84 Å². The first-order valence-electron chi connectivity index (χ1n) is 5.28. The maximum absolute atomic E-state index is 13.1. The highest BCUT2D eigenvalue weighted by Gasteiger charge is 2.21. The molecule has 1 aromatic rings. The Hall–Kier alpha value is -1.42. The van der Waals surface area contributed by atoms with Crippen molar-refractivity contribution in [2.75, 3.05) is 6.61 Å². The number of rotatable bonds is 3. The fourth-order valence-corrected chi connectivity index (χ4v) is 2.03. The highest BCUT2D eigenvalue weighted by atomic mass is 19.1. The third-order valence-electron chi connectivity index (χ3n) is 2.72. The summed E-state index contributed by atoms with van der Waals surface area (Å²) in [5.74, 6) is -1.36. The molecule has 0 bridgehead atoms. The fourth-order valence-electron chi connectivity index (χ4n) is 2.03. The predicted molar refractivity (Wildman–Crippen MR) is 55.7 cm³/mol. The maximum Gasteiger partial charge on any atom is 0.307 e. The molecule has 0 saturated carbocycles. The van der Waals surface area contributed by atoms with E-state index in [1.54, 1.807) is 6.07 Å². The van der Waals surface area contributed by atoms with Crippen molar-refractivity contribution in [3.05, 3.63) is 35.1 Å². The minimum atomic E-state index is -0.954. The van der Waals surface area contributed by atoms with Crippen LogP contribution in [0, 0.1) is 5.82 Å². The Morgan fingerprint density at radius 2 is 2.38 bits per heavy atom. The van der Waals surface area contributed by atoms with Gasteiger partial charge in [-0.05, 0) is 36.1 Å². The molecule has 1 unspecified atom stereocenters. The Kier molecular flexibility index (Phi) is 3.19. The number of carboxylic acids is 1. The minimum Gasteiger partial charge on any atom is -0.481 e. The molecule has 16 heavy (non-hydrogen) atoms. The highest BCUT2D eigenvalue weighted by molar-refractivity contribution is 5.70. The molecule has 1 aromatic carbocycles. The lowest BCUT2D eigenvalue weighted by Crippen LogP contribution is -2.07. The van der Waals surface area contributed by atoms with Gasteiger partial charge in [0.25, 0.3) is 0 Å². The van der Waals surface area contributed by atoms with E-state index in [0.717, 1.165) is 18.4 Å². The van der Waals surface area contributed by atoms with Crippen LogP contribution in [0.4, 0.5) is 4.39 Å². The van der Waals surface area contributed by atoms with E-state index in [1.165, 1.54) is 12.1 Å². The van der Waals surface area contributed by atoms with Crippen LogP contribution < -0.4 is 0 Å². The van der Waals surface area contributed by atoms with E-state index < -0.39 is 11.8 Å². The predicted octanol–water partition coefficient (Wildman–Crippen LogP) is 2.30. The quantitative estimate of drug-likeness (QED) is 0.856. The molecular weight excluding hydrogens is 211 g/mol. The molecule has 1 atom stereocenters. The van der Waals surface area contributed by atoms with Gasteiger partial charge in [0.15, 0.2) is 0 Å². The number of aliphatic carboxylic acids is 1. The maximum atomic E-state index is 13.1. The molecule has 1 aliphatic heterocycles. The number of halogens is 1. The van der Waals surface area contributed by atoms with Crippen LogP contribution in [-0.4, -0.2) is 17.7 Å². The standard InChI is InChI=1S/C12H13FO3/c13-9-3-4-10(11-2-1-5-16-11)8(6-9)7-12(14)15/h3-4,6,11H,1-2,5,7H2,(H,14,15). The van der Waals surface area contributed by atoms with Gasteiger partial charge < -0.3 is 9.84 Å². The molecule has 0 aromatic heterocycles. The highest BCUT2D eigenvalue weighted by Crippen LogP contribution is 2.31. The van der Waals surface area contributed by atoms with Gasteiger partial charge in [0.05, 0.1) is 12.5 Å². The van der Waals surface area contributed by atoms with Crippen molar-refractivity contribution in [1.29, 1.82) is 0 Å². The Labute approximate surface area is 92.9 Å². The molecule has 1 aliphatic rings. The topological polar surface area (TPSA) is 46.5 Å². The van der Waals surface area contributed by atoms with Crippen LogP contribution in [0.25, 0.3) is 0 Å². The van der Waals surface area contributed by atoms with Crippen LogP contribution in [0.15, 0.2) is 18.2 Å². The summed E-state index contributed by atoms with van der Waals surface area (Å²) in [5, 5.41) is 8.76. The van der Waals surface area contributed by atoms with Gasteiger partial charge in [-0.3, -0.25) is 4.79 Å². The van der Waals surface area contributed by atoms with Gasteiger partial charge in [0, 0.05) is 6.61 Å². The van der Waals surface area contributed by atoms with Crippen molar-refractivity contribution in [2.24, 2.45) is 0 Å². The van der Waals surface area contributed by atoms with E-state index in [9.17, 15) is 9.18 Å². The van der Waals surface area contributed by atoms with Crippen LogP contribution in [-0.2, 0) is 16.0 Å². The lowest BCUT2D eigenvalue weighted by atomic mass is 9.98. The van der Waals surface area contributed by atoms with E-state index >= 15 is 0 Å². The first-order valence-corrected chi connectivity index (χ1v) is 5.28. The second kappa shape index (κ2) is 4.61. The molecule has 3 nitrogen and oxygen atoms in total. The van der Waals surface area contributed by atoms with Crippen LogP contribution in [0.2, 0.25) is 0 Å². The monoisotopic (exact) mass is 224 g/mol. The molecular formula is C12H13FO3. The smallest absolute Gasteiger partial charge is 0.307 e. The number of hydrogen-bond donors (Lipinski definition) is 1. The summed E-state index contributed by atoms with van der Waals surface area (Å²) in [7, 11) is 0. The van der Waals surface area contributed by atoms with Crippen molar-refractivity contribution < 1.29 is 19.0 Å². The van der Waals surface area contributed by atoms with Crippen molar-refractivity contribution in [2.45, 2.75) is 25.4 Å². The van der Waals surface area contributed by atoms with E-state index in [2.05, 4.69) is 0 Å². The summed E-state index contributed by atoms with van der Waals surface area (Å²) in [5.41, 5.74) is 1.32. The molecule has 0 aliphatic carbocycles. The van der Waals surface area contributed by atoms with Crippen molar-refractivity contribution in [1.82, 2.24) is 0 Å². The first-order chi connectivity index (χ1) is 7.66. The number of carboxylic acid groups (broad SMARTS) is 1. The number of benzene rings is 1. The largest absolute Gasteiger partial charge is 0.481 e. The lowest BCUT2D eigenvalue weighted by molar-refractivity contribution is -0.136. The number of hydrogen-bond acceptors (Lipinski definition) is 2. The SMILES string of the molecule is O=C(O)Cc1cc(F)ccc1C1CCCO1. The second-order valence-electron chi connectivity index (χ2n) is 3.92. The van der Waals surface area contributed by atoms with Crippen molar-refractivity contribution in [3.63, 3.8) is 0 Å². The van der Waals surface area contributed by atoms with E-state index in [0.29, 0.717) is 12.2 Å². The van der Waals surface area contributed by atoms with Gasteiger partial charge in [-0.15, -0.1) is 0 Å². The average Bonchev–Trinajstić information content (AvgIpc) is 2.69. The summed E-state index contributed by atoms with van der Waals surface area (Å²) in [6.45, 7) is 0.689. The Morgan fingerprint density at radius 1 is 1.56 bits per heavy atom. The summed E-state index contributed by atoms with van der Waals surface area (Å²) < 4.78 is 18.5. The fraction of sp³-hybridized carbons (Fsp3) is 0.417. The number of ether oxygens (including phenoxy) is 1. The summed E-state index contributed by atoms with van der Waals surface area (Å²) >= 11 is 0. The molecule has 1 fully saturated rings. The summed E-state index contributed by atoms with van der Waals surface area (Å²) in [6.07, 6.45) is 1.61. The molecule has 0 amide bonds. The molecule has 0 radical (unpaired) electrons. The zero-order valence-corrected chi connectivity index (χ0v) is 8.78. The van der Waals surface area contributed by atoms with Crippen molar-refractivity contribution >= 4 is 5.97 Å². The average molecular weight is 224 g/mol. The van der Waals surface area contributed by atoms with Gasteiger partial charge >= 0.3 is 5.97 Å². The minimum absolute atomic E-state index is 0.0741. The van der Waals surface area contributed by atoms with Gasteiger partial charge in [-0.2, -0.15) is 0 Å². The number of carbonyl (C=O) groups is 1. The third-order valence-corrected chi connectivity index (χ3v) is 2.72. The Bertz CT molecular complexity index is 397. The van der Waals surface area contributed by atoms with Gasteiger partial charge in [-0.25, -0.2) is 4.39 Å². The van der Waals surface area contributed by atoms with Crippen LogP contribution >= 0.6 is 0 Å². The zero-order chi connectivity index (χ0) is 11.5. The molecule has 2 rings (SSSR count). The van der Waals surface area contributed by atoms with Crippen LogP contribution in [0.1, 0.15) is 30.1 Å².